The molecular weight excluding hydrogens is 706 g/mol. The van der Waals surface area contributed by atoms with Crippen LogP contribution in [0.5, 0.6) is 0 Å². The summed E-state index contributed by atoms with van der Waals surface area (Å²) < 4.78 is 16.6. The summed E-state index contributed by atoms with van der Waals surface area (Å²) in [5.41, 5.74) is 7.25. The van der Waals surface area contributed by atoms with Crippen LogP contribution in [0.2, 0.25) is 0 Å². The second-order valence-electron chi connectivity index (χ2n) is 14.4. The van der Waals surface area contributed by atoms with Gasteiger partial charge in [-0.3, -0.25) is 14.4 Å². The van der Waals surface area contributed by atoms with E-state index in [-0.39, 0.29) is 60.9 Å². The molecule has 1 saturated heterocycles. The Morgan fingerprint density at radius 1 is 0.922 bits per heavy atom. The van der Waals surface area contributed by atoms with Crippen molar-refractivity contribution < 1.29 is 14.3 Å². The SMILES string of the molecule is CCn1nc(Cc2ccc(-c3ccccc3)cc2)cc1C1CCN(CC2CC(N(C)[C@@H](C(=O)O)C(C)C)CC2c2cccc(F)c2)CC1.Cl.Cl.Cl. The number of hydrogen-bond acceptors (Lipinski definition) is 4. The van der Waals surface area contributed by atoms with Crippen LogP contribution in [0.25, 0.3) is 11.1 Å². The number of aliphatic carboxylic acids is 1. The number of carbonyl (C=O) groups is 1. The Morgan fingerprint density at radius 3 is 2.20 bits per heavy atom. The van der Waals surface area contributed by atoms with E-state index in [2.05, 4.69) is 76.0 Å². The highest BCUT2D eigenvalue weighted by atomic mass is 35.5. The maximum absolute atomic E-state index is 14.4. The summed E-state index contributed by atoms with van der Waals surface area (Å²) in [5.74, 6) is 0.0697. The van der Waals surface area contributed by atoms with E-state index >= 15 is 0 Å². The molecule has 0 bridgehead atoms. The van der Waals surface area contributed by atoms with Crippen molar-refractivity contribution >= 4 is 43.2 Å². The van der Waals surface area contributed by atoms with Crippen LogP contribution >= 0.6 is 37.2 Å². The average Bonchev–Trinajstić information content (AvgIpc) is 3.70. The standard InChI is InChI=1S/C41H51FN4O2.3ClH/c1-5-46-39(25-36(43-46)22-29-14-16-31(17-15-29)30-10-7-6-8-11-30)32-18-20-45(21-19-32)27-34-24-37(44(4)40(28(2)3)41(47)48)26-38(34)33-12-9-13-35(42)23-33;;;/h6-17,23,25,28,32,34,37-38,40H,5,18-22,24,26-27H2,1-4H3,(H,47,48);3*1H/t34?,37?,38?,40-;;;/m1.../s1. The molecule has 6 nitrogen and oxygen atoms in total. The number of carboxylic acid groups (broad SMARTS) is 1. The van der Waals surface area contributed by atoms with E-state index in [9.17, 15) is 14.3 Å². The van der Waals surface area contributed by atoms with Gasteiger partial charge in [0.05, 0.1) is 5.69 Å². The molecule has 3 aromatic carbocycles. The molecule has 1 aliphatic carbocycles. The molecule has 0 spiro atoms. The van der Waals surface area contributed by atoms with E-state index in [1.54, 1.807) is 6.07 Å². The fourth-order valence-electron chi connectivity index (χ4n) is 8.48. The van der Waals surface area contributed by atoms with Crippen LogP contribution in [0.3, 0.4) is 0 Å². The predicted octanol–water partition coefficient (Wildman–Crippen LogP) is 9.35. The Hall–Kier alpha value is -2.94. The molecule has 1 aliphatic heterocycles. The minimum absolute atomic E-state index is 0. The zero-order valence-electron chi connectivity index (χ0n) is 30.2. The average molecular weight is 760 g/mol. The Labute approximate surface area is 322 Å². The molecule has 1 N–H and O–H groups in total. The molecule has 278 valence electrons. The Morgan fingerprint density at radius 2 is 1.59 bits per heavy atom. The second kappa shape index (κ2) is 19.2. The Kier molecular flexibility index (Phi) is 16.0. The summed E-state index contributed by atoms with van der Waals surface area (Å²) in [6.07, 6.45) is 4.78. The first-order valence-electron chi connectivity index (χ1n) is 17.8. The number of likely N-dealkylation sites (tertiary alicyclic amines) is 1. The van der Waals surface area contributed by atoms with Gasteiger partial charge in [0.2, 0.25) is 0 Å². The van der Waals surface area contributed by atoms with Crippen LogP contribution in [0.1, 0.15) is 80.8 Å². The summed E-state index contributed by atoms with van der Waals surface area (Å²) >= 11 is 0. The molecule has 51 heavy (non-hydrogen) atoms. The van der Waals surface area contributed by atoms with Crippen LogP contribution < -0.4 is 0 Å². The van der Waals surface area contributed by atoms with Crippen LogP contribution in [-0.4, -0.2) is 69.4 Å². The summed E-state index contributed by atoms with van der Waals surface area (Å²) in [4.78, 5) is 16.8. The van der Waals surface area contributed by atoms with Gasteiger partial charge < -0.3 is 10.0 Å². The lowest BCUT2D eigenvalue weighted by molar-refractivity contribution is -0.145. The van der Waals surface area contributed by atoms with Gasteiger partial charge in [-0.25, -0.2) is 4.39 Å². The van der Waals surface area contributed by atoms with Crippen molar-refractivity contribution in [1.29, 1.82) is 0 Å². The number of halogens is 4. The molecule has 2 fully saturated rings. The minimum Gasteiger partial charge on any atom is -0.480 e. The maximum atomic E-state index is 14.4. The number of carboxylic acids is 1. The van der Waals surface area contributed by atoms with Gasteiger partial charge in [0.1, 0.15) is 11.9 Å². The molecule has 6 rings (SSSR count). The first-order valence-corrected chi connectivity index (χ1v) is 17.8. The number of nitrogens with zero attached hydrogens (tertiary/aromatic N) is 4. The van der Waals surface area contributed by atoms with Crippen molar-refractivity contribution in [3.05, 3.63) is 113 Å². The summed E-state index contributed by atoms with van der Waals surface area (Å²) in [5, 5.41) is 15.0. The van der Waals surface area contributed by atoms with E-state index in [1.165, 1.54) is 28.5 Å². The number of aromatic nitrogens is 2. The molecule has 2 heterocycles. The first kappa shape index (κ1) is 42.5. The highest BCUT2D eigenvalue weighted by Gasteiger charge is 2.42. The quantitative estimate of drug-likeness (QED) is 0.156. The molecule has 3 unspecified atom stereocenters. The van der Waals surface area contributed by atoms with Crippen molar-refractivity contribution in [2.24, 2.45) is 11.8 Å². The van der Waals surface area contributed by atoms with E-state index in [0.29, 0.717) is 11.8 Å². The molecule has 2 aliphatic rings. The van der Waals surface area contributed by atoms with E-state index in [0.717, 1.165) is 69.5 Å². The summed E-state index contributed by atoms with van der Waals surface area (Å²) in [6.45, 7) is 9.99. The van der Waals surface area contributed by atoms with Gasteiger partial charge in [0.25, 0.3) is 0 Å². The van der Waals surface area contributed by atoms with Gasteiger partial charge in [-0.15, -0.1) is 37.2 Å². The van der Waals surface area contributed by atoms with Crippen molar-refractivity contribution in [2.75, 3.05) is 26.7 Å². The highest BCUT2D eigenvalue weighted by Crippen LogP contribution is 2.44. The Bertz CT molecular complexity index is 1660. The van der Waals surface area contributed by atoms with E-state index in [1.807, 2.05) is 39.1 Å². The number of piperidine rings is 1. The summed E-state index contributed by atoms with van der Waals surface area (Å²) in [6, 6.07) is 28.3. The monoisotopic (exact) mass is 758 g/mol. The van der Waals surface area contributed by atoms with Gasteiger partial charge in [0, 0.05) is 37.2 Å². The zero-order chi connectivity index (χ0) is 33.8. The van der Waals surface area contributed by atoms with Crippen molar-refractivity contribution in [2.45, 2.75) is 83.3 Å². The number of aryl methyl sites for hydroxylation is 1. The van der Waals surface area contributed by atoms with E-state index < -0.39 is 12.0 Å². The molecule has 1 saturated carbocycles. The number of rotatable bonds is 12. The highest BCUT2D eigenvalue weighted by molar-refractivity contribution is 5.86. The number of hydrogen-bond donors (Lipinski definition) is 1. The molecule has 4 atom stereocenters. The third-order valence-electron chi connectivity index (χ3n) is 11.0. The van der Waals surface area contributed by atoms with E-state index in [4.69, 9.17) is 5.10 Å². The summed E-state index contributed by atoms with van der Waals surface area (Å²) in [7, 11) is 1.96. The third-order valence-corrected chi connectivity index (χ3v) is 11.0. The first-order chi connectivity index (χ1) is 23.2. The fraction of sp³-hybridized carbons (Fsp3) is 0.463. The van der Waals surface area contributed by atoms with Crippen LogP contribution in [0.4, 0.5) is 4.39 Å². The van der Waals surface area contributed by atoms with Crippen molar-refractivity contribution in [3.8, 4) is 11.1 Å². The van der Waals surface area contributed by atoms with Crippen LogP contribution in [0, 0.1) is 17.7 Å². The number of likely N-dealkylation sites (N-methyl/N-ethyl adjacent to an activating group) is 1. The fourth-order valence-corrected chi connectivity index (χ4v) is 8.48. The zero-order valence-corrected chi connectivity index (χ0v) is 32.6. The Balaban J connectivity index is 0.00000234. The lowest BCUT2D eigenvalue weighted by Crippen LogP contribution is -2.47. The normalized spacial score (nSPS) is 20.0. The molecular formula is C41H54Cl3FN4O2. The van der Waals surface area contributed by atoms with Gasteiger partial charge in [0.15, 0.2) is 0 Å². The lowest BCUT2D eigenvalue weighted by atomic mass is 9.87. The van der Waals surface area contributed by atoms with Gasteiger partial charge in [-0.2, -0.15) is 5.10 Å². The second-order valence-corrected chi connectivity index (χ2v) is 14.4. The minimum atomic E-state index is -0.768. The molecule has 0 radical (unpaired) electrons. The molecule has 10 heteroatoms. The number of benzene rings is 3. The molecule has 1 aromatic heterocycles. The van der Waals surface area contributed by atoms with Gasteiger partial charge >= 0.3 is 5.97 Å². The van der Waals surface area contributed by atoms with Crippen LogP contribution in [0.15, 0.2) is 84.9 Å². The van der Waals surface area contributed by atoms with Crippen molar-refractivity contribution in [3.63, 3.8) is 0 Å². The maximum Gasteiger partial charge on any atom is 0.321 e. The van der Waals surface area contributed by atoms with Gasteiger partial charge in [-0.1, -0.05) is 80.6 Å². The topological polar surface area (TPSA) is 61.6 Å². The van der Waals surface area contributed by atoms with Gasteiger partial charge in [-0.05, 0) is 111 Å². The molecule has 0 amide bonds. The third kappa shape index (κ3) is 10.1. The van der Waals surface area contributed by atoms with Crippen molar-refractivity contribution in [1.82, 2.24) is 19.6 Å². The molecule has 4 aromatic rings. The smallest absolute Gasteiger partial charge is 0.321 e. The largest absolute Gasteiger partial charge is 0.480 e. The van der Waals surface area contributed by atoms with Crippen LogP contribution in [-0.2, 0) is 17.8 Å². The predicted molar refractivity (Wildman–Crippen MR) is 212 cm³/mol. The lowest BCUT2D eigenvalue weighted by Gasteiger charge is -2.35.